The first-order valence-corrected chi connectivity index (χ1v) is 10.4. The summed E-state index contributed by atoms with van der Waals surface area (Å²) in [6.45, 7) is 3.20. The Kier molecular flexibility index (Phi) is 7.08. The highest BCUT2D eigenvalue weighted by Gasteiger charge is 2.29. The normalized spacial score (nSPS) is 16.6. The van der Waals surface area contributed by atoms with Crippen LogP contribution in [0, 0.1) is 5.92 Å². The molecule has 0 bridgehead atoms. The summed E-state index contributed by atoms with van der Waals surface area (Å²) in [6.07, 6.45) is 3.07. The Bertz CT molecular complexity index is 857. The number of nitrogens with two attached hydrogens (primary N) is 1. The van der Waals surface area contributed by atoms with Gasteiger partial charge in [0.15, 0.2) is 15.6 Å². The van der Waals surface area contributed by atoms with Crippen molar-refractivity contribution >= 4 is 28.2 Å². The van der Waals surface area contributed by atoms with Crippen LogP contribution in [0.15, 0.2) is 52.0 Å². The zero-order valence-corrected chi connectivity index (χ0v) is 16.8. The molecule has 0 spiro atoms. The van der Waals surface area contributed by atoms with Gasteiger partial charge in [0.1, 0.15) is 0 Å². The SMILES string of the molecule is CC(N)C1CCN(C(=O)c2occc2CS(=O)(=O)c2ccccc2)CC1.Cl. The highest BCUT2D eigenvalue weighted by Crippen LogP contribution is 2.24. The fourth-order valence-electron chi connectivity index (χ4n) is 3.32. The maximum Gasteiger partial charge on any atom is 0.289 e. The van der Waals surface area contributed by atoms with Crippen molar-refractivity contribution in [3.05, 3.63) is 54.0 Å². The number of nitrogens with zero attached hydrogens (tertiary/aromatic N) is 1. The molecule has 0 aliphatic carbocycles. The molecule has 6 nitrogen and oxygen atoms in total. The topological polar surface area (TPSA) is 93.6 Å². The molecule has 27 heavy (non-hydrogen) atoms. The van der Waals surface area contributed by atoms with Gasteiger partial charge < -0.3 is 15.1 Å². The molecule has 0 radical (unpaired) electrons. The third-order valence-corrected chi connectivity index (χ3v) is 6.64. The van der Waals surface area contributed by atoms with E-state index < -0.39 is 9.84 Å². The Labute approximate surface area is 166 Å². The van der Waals surface area contributed by atoms with Crippen LogP contribution in [0.25, 0.3) is 0 Å². The fraction of sp³-hybridized carbons (Fsp3) is 0.421. The number of piperidine rings is 1. The van der Waals surface area contributed by atoms with Gasteiger partial charge in [-0.3, -0.25) is 4.79 Å². The molecule has 148 valence electrons. The monoisotopic (exact) mass is 412 g/mol. The fourth-order valence-corrected chi connectivity index (χ4v) is 4.70. The molecule has 8 heteroatoms. The lowest BCUT2D eigenvalue weighted by Gasteiger charge is -2.33. The van der Waals surface area contributed by atoms with Gasteiger partial charge in [0.2, 0.25) is 0 Å². The molecule has 1 amide bonds. The molecule has 0 saturated carbocycles. The van der Waals surface area contributed by atoms with E-state index in [1.807, 2.05) is 6.92 Å². The molecule has 1 fully saturated rings. The van der Waals surface area contributed by atoms with E-state index >= 15 is 0 Å². The zero-order chi connectivity index (χ0) is 18.7. The summed E-state index contributed by atoms with van der Waals surface area (Å²) >= 11 is 0. The quantitative estimate of drug-likeness (QED) is 0.814. The van der Waals surface area contributed by atoms with E-state index in [4.69, 9.17) is 10.2 Å². The summed E-state index contributed by atoms with van der Waals surface area (Å²) in [5.74, 6) is 0.0129. The Morgan fingerprint density at radius 1 is 1.22 bits per heavy atom. The highest BCUT2D eigenvalue weighted by atomic mass is 35.5. The highest BCUT2D eigenvalue weighted by molar-refractivity contribution is 7.90. The first-order chi connectivity index (χ1) is 12.4. The number of hydrogen-bond acceptors (Lipinski definition) is 5. The molecular formula is C19H25ClN2O4S. The van der Waals surface area contributed by atoms with E-state index in [2.05, 4.69) is 0 Å². The molecule has 2 N–H and O–H groups in total. The molecule has 1 aliphatic rings. The van der Waals surface area contributed by atoms with E-state index in [1.54, 1.807) is 41.3 Å². The number of amides is 1. The van der Waals surface area contributed by atoms with Gasteiger partial charge in [-0.25, -0.2) is 8.42 Å². The van der Waals surface area contributed by atoms with Crippen LogP contribution in [-0.4, -0.2) is 38.4 Å². The van der Waals surface area contributed by atoms with Gasteiger partial charge in [0.05, 0.1) is 16.9 Å². The minimum absolute atomic E-state index is 0. The second kappa shape index (κ2) is 8.91. The standard InChI is InChI=1S/C19H24N2O4S.ClH/c1-14(20)15-7-10-21(11-8-15)19(22)18-16(9-12-25-18)13-26(23,24)17-5-3-2-4-6-17;/h2-6,9,12,14-15H,7-8,10-11,13,20H2,1H3;1H. The van der Waals surface area contributed by atoms with Crippen molar-refractivity contribution < 1.29 is 17.6 Å². The van der Waals surface area contributed by atoms with Crippen LogP contribution in [0.3, 0.4) is 0 Å². The first kappa shape index (κ1) is 21.5. The number of rotatable bonds is 5. The number of hydrogen-bond donors (Lipinski definition) is 1. The van der Waals surface area contributed by atoms with Crippen molar-refractivity contribution in [1.82, 2.24) is 4.90 Å². The summed E-state index contributed by atoms with van der Waals surface area (Å²) in [5.41, 5.74) is 6.34. The second-order valence-corrected chi connectivity index (χ2v) is 8.83. The maximum atomic E-state index is 12.8. The van der Waals surface area contributed by atoms with Crippen molar-refractivity contribution in [2.45, 2.75) is 36.5 Å². The minimum atomic E-state index is -3.54. The van der Waals surface area contributed by atoms with E-state index in [0.717, 1.165) is 12.8 Å². The second-order valence-electron chi connectivity index (χ2n) is 6.84. The molecule has 3 rings (SSSR count). The van der Waals surface area contributed by atoms with Crippen LogP contribution >= 0.6 is 12.4 Å². The molecular weight excluding hydrogens is 388 g/mol. The molecule has 1 atom stereocenters. The van der Waals surface area contributed by atoms with Gasteiger partial charge in [-0.1, -0.05) is 18.2 Å². The lowest BCUT2D eigenvalue weighted by Crippen LogP contribution is -2.42. The third kappa shape index (κ3) is 4.91. The van der Waals surface area contributed by atoms with Gasteiger partial charge >= 0.3 is 0 Å². The zero-order valence-electron chi connectivity index (χ0n) is 15.2. The van der Waals surface area contributed by atoms with Crippen molar-refractivity contribution in [1.29, 1.82) is 0 Å². The number of furan rings is 1. The molecule has 1 aromatic carbocycles. The Morgan fingerprint density at radius 2 is 1.85 bits per heavy atom. The molecule has 1 aliphatic heterocycles. The predicted molar refractivity (Wildman–Crippen MR) is 106 cm³/mol. The number of carbonyl (C=O) groups is 1. The predicted octanol–water partition coefficient (Wildman–Crippen LogP) is 2.87. The molecule has 2 aromatic rings. The Hall–Kier alpha value is -1.83. The van der Waals surface area contributed by atoms with E-state index in [1.165, 1.54) is 6.26 Å². The number of sulfone groups is 1. The largest absolute Gasteiger partial charge is 0.459 e. The van der Waals surface area contributed by atoms with Crippen molar-refractivity contribution in [3.63, 3.8) is 0 Å². The third-order valence-electron chi connectivity index (χ3n) is 4.96. The number of likely N-dealkylation sites (tertiary alicyclic amines) is 1. The molecule has 1 aromatic heterocycles. The van der Waals surface area contributed by atoms with Gasteiger partial charge in [0.25, 0.3) is 5.91 Å². The average Bonchev–Trinajstić information content (AvgIpc) is 3.09. The Morgan fingerprint density at radius 3 is 2.44 bits per heavy atom. The van der Waals surface area contributed by atoms with Crippen LogP contribution in [0.2, 0.25) is 0 Å². The lowest BCUT2D eigenvalue weighted by molar-refractivity contribution is 0.0648. The van der Waals surface area contributed by atoms with Gasteiger partial charge in [0, 0.05) is 24.7 Å². The van der Waals surface area contributed by atoms with Crippen LogP contribution < -0.4 is 5.73 Å². The van der Waals surface area contributed by atoms with E-state index in [-0.39, 0.29) is 40.8 Å². The van der Waals surface area contributed by atoms with Crippen LogP contribution in [-0.2, 0) is 15.6 Å². The van der Waals surface area contributed by atoms with Crippen LogP contribution in [0.4, 0.5) is 0 Å². The van der Waals surface area contributed by atoms with Gasteiger partial charge in [-0.05, 0) is 43.9 Å². The summed E-state index contributed by atoms with van der Waals surface area (Å²) < 4.78 is 30.5. The van der Waals surface area contributed by atoms with Crippen LogP contribution in [0.1, 0.15) is 35.9 Å². The number of benzene rings is 1. The van der Waals surface area contributed by atoms with Crippen molar-refractivity contribution in [2.75, 3.05) is 13.1 Å². The number of halogens is 1. The minimum Gasteiger partial charge on any atom is -0.459 e. The summed E-state index contributed by atoms with van der Waals surface area (Å²) in [7, 11) is -3.54. The smallest absolute Gasteiger partial charge is 0.289 e. The molecule has 2 heterocycles. The molecule has 1 unspecified atom stereocenters. The Balaban J connectivity index is 0.00000261. The summed E-state index contributed by atoms with van der Waals surface area (Å²) in [4.78, 5) is 14.7. The lowest BCUT2D eigenvalue weighted by atomic mass is 9.91. The van der Waals surface area contributed by atoms with Gasteiger partial charge in [-0.2, -0.15) is 0 Å². The van der Waals surface area contributed by atoms with Crippen molar-refractivity contribution in [2.24, 2.45) is 11.7 Å². The van der Waals surface area contributed by atoms with E-state index in [9.17, 15) is 13.2 Å². The van der Waals surface area contributed by atoms with Crippen molar-refractivity contribution in [3.8, 4) is 0 Å². The van der Waals surface area contributed by atoms with Crippen LogP contribution in [0.5, 0.6) is 0 Å². The average molecular weight is 413 g/mol. The van der Waals surface area contributed by atoms with E-state index in [0.29, 0.717) is 24.6 Å². The maximum absolute atomic E-state index is 12.8. The summed E-state index contributed by atoms with van der Waals surface area (Å²) in [6, 6.07) is 9.89. The molecule has 1 saturated heterocycles. The summed E-state index contributed by atoms with van der Waals surface area (Å²) in [5, 5.41) is 0. The first-order valence-electron chi connectivity index (χ1n) is 8.77. The number of carbonyl (C=O) groups excluding carboxylic acids is 1. The van der Waals surface area contributed by atoms with Gasteiger partial charge in [-0.15, -0.1) is 12.4 Å².